The predicted molar refractivity (Wildman–Crippen MR) is 137 cm³/mol. The van der Waals surface area contributed by atoms with Gasteiger partial charge in [-0.1, -0.05) is 26.8 Å². The number of anilines is 1. The van der Waals surface area contributed by atoms with E-state index in [1.54, 1.807) is 25.1 Å². The summed E-state index contributed by atoms with van der Waals surface area (Å²) in [6.45, 7) is 9.31. The number of aliphatic hydroxyl groups is 1. The monoisotopic (exact) mass is 528 g/mol. The Morgan fingerprint density at radius 1 is 1.21 bits per heavy atom. The summed E-state index contributed by atoms with van der Waals surface area (Å²) in [6.07, 6.45) is 0.278. The summed E-state index contributed by atoms with van der Waals surface area (Å²) in [5.74, 6) is -3.36. The molecule has 3 fully saturated rings. The highest BCUT2D eigenvalue weighted by atomic mass is 16.4. The number of hydrogen-bond acceptors (Lipinski definition) is 7. The van der Waals surface area contributed by atoms with E-state index in [1.165, 1.54) is 11.8 Å². The number of nitrogens with one attached hydrogen (secondary N) is 3. The number of aliphatic hydroxyl groups excluding tert-OH is 1. The molecule has 0 aromatic heterocycles. The Bertz CT molecular complexity index is 1200. The van der Waals surface area contributed by atoms with E-state index in [0.717, 1.165) is 5.56 Å². The molecule has 1 heterocycles. The maximum absolute atomic E-state index is 14.1. The number of rotatable bonds is 9. The minimum absolute atomic E-state index is 0.0278. The molecule has 206 valence electrons. The van der Waals surface area contributed by atoms with Gasteiger partial charge in [-0.3, -0.25) is 24.5 Å². The van der Waals surface area contributed by atoms with E-state index in [4.69, 9.17) is 0 Å². The van der Waals surface area contributed by atoms with Gasteiger partial charge in [0.2, 0.25) is 17.7 Å². The maximum atomic E-state index is 14.1. The van der Waals surface area contributed by atoms with Gasteiger partial charge in [0, 0.05) is 19.2 Å². The van der Waals surface area contributed by atoms with Crippen molar-refractivity contribution in [2.24, 2.45) is 17.3 Å². The molecule has 11 nitrogen and oxygen atoms in total. The molecule has 2 saturated carbocycles. The molecule has 5 N–H and O–H groups in total. The molecule has 6 atom stereocenters. The molecule has 4 rings (SSSR count). The van der Waals surface area contributed by atoms with Crippen LogP contribution >= 0.6 is 0 Å². The van der Waals surface area contributed by atoms with E-state index in [9.17, 15) is 34.2 Å². The third-order valence-electron chi connectivity index (χ3n) is 8.94. The van der Waals surface area contributed by atoms with Gasteiger partial charge in [-0.2, -0.15) is 0 Å². The first kappa shape index (κ1) is 27.7. The zero-order chi connectivity index (χ0) is 28.2. The van der Waals surface area contributed by atoms with Crippen LogP contribution in [0.2, 0.25) is 0 Å². The third-order valence-corrected chi connectivity index (χ3v) is 8.94. The normalized spacial score (nSPS) is 31.7. The summed E-state index contributed by atoms with van der Waals surface area (Å²) in [5, 5.41) is 28.9. The van der Waals surface area contributed by atoms with E-state index >= 15 is 0 Å². The number of carbonyl (C=O) groups is 5. The van der Waals surface area contributed by atoms with Crippen LogP contribution in [0.1, 0.15) is 64.3 Å². The first-order valence-corrected chi connectivity index (χ1v) is 12.9. The second-order valence-corrected chi connectivity index (χ2v) is 11.4. The second kappa shape index (κ2) is 9.46. The van der Waals surface area contributed by atoms with Crippen LogP contribution in [-0.4, -0.2) is 68.8 Å². The van der Waals surface area contributed by atoms with Crippen molar-refractivity contribution in [2.45, 2.75) is 77.2 Å². The van der Waals surface area contributed by atoms with Gasteiger partial charge in [-0.15, -0.1) is 0 Å². The van der Waals surface area contributed by atoms with Crippen LogP contribution in [0.25, 0.3) is 0 Å². The molecule has 1 aliphatic heterocycles. The smallest absolute Gasteiger partial charge is 0.309 e. The van der Waals surface area contributed by atoms with Crippen LogP contribution in [0.15, 0.2) is 18.2 Å². The summed E-state index contributed by atoms with van der Waals surface area (Å²) in [6, 6.07) is 4.27. The molecule has 1 aromatic rings. The summed E-state index contributed by atoms with van der Waals surface area (Å²) in [4.78, 5) is 63.1. The van der Waals surface area contributed by atoms with E-state index < -0.39 is 46.6 Å². The van der Waals surface area contributed by atoms with Gasteiger partial charge < -0.3 is 30.5 Å². The van der Waals surface area contributed by atoms with Crippen molar-refractivity contribution in [3.05, 3.63) is 29.3 Å². The van der Waals surface area contributed by atoms with Crippen LogP contribution in [0.4, 0.5) is 5.69 Å². The summed E-state index contributed by atoms with van der Waals surface area (Å²) in [7, 11) is 0. The number of carboxylic acid groups (broad SMARTS) is 1. The fourth-order valence-electron chi connectivity index (χ4n) is 6.12. The van der Waals surface area contributed by atoms with Gasteiger partial charge >= 0.3 is 5.97 Å². The SMILES string of the molecule is CC(=O)Nc1ccc(C(O)NC2(C(=O)N3CCC[C@H]3C(=O)NC3(C=O)CC3C(=O)O)C(C)C2(C)C)c(C)c1. The number of aldehydes is 1. The van der Waals surface area contributed by atoms with Gasteiger partial charge in [0.25, 0.3) is 0 Å². The lowest BCUT2D eigenvalue weighted by molar-refractivity contribution is -0.144. The number of aryl methyl sites for hydroxylation is 1. The molecular weight excluding hydrogens is 492 g/mol. The maximum Gasteiger partial charge on any atom is 0.309 e. The molecule has 1 aromatic carbocycles. The van der Waals surface area contributed by atoms with Gasteiger partial charge in [0.05, 0.1) is 5.92 Å². The first-order valence-electron chi connectivity index (χ1n) is 12.9. The molecule has 0 spiro atoms. The average molecular weight is 529 g/mol. The van der Waals surface area contributed by atoms with Crippen LogP contribution < -0.4 is 16.0 Å². The number of carbonyl (C=O) groups excluding carboxylic acids is 4. The van der Waals surface area contributed by atoms with Crippen molar-refractivity contribution in [3.8, 4) is 0 Å². The Labute approximate surface area is 221 Å². The molecule has 2 aliphatic carbocycles. The van der Waals surface area contributed by atoms with Crippen LogP contribution in [0.3, 0.4) is 0 Å². The van der Waals surface area contributed by atoms with Crippen LogP contribution in [0.5, 0.6) is 0 Å². The van der Waals surface area contributed by atoms with Crippen LogP contribution in [0, 0.1) is 24.2 Å². The summed E-state index contributed by atoms with van der Waals surface area (Å²) < 4.78 is 0. The lowest BCUT2D eigenvalue weighted by atomic mass is 10.00. The Morgan fingerprint density at radius 2 is 1.87 bits per heavy atom. The van der Waals surface area contributed by atoms with Gasteiger partial charge in [0.1, 0.15) is 29.6 Å². The quantitative estimate of drug-likeness (QED) is 0.235. The summed E-state index contributed by atoms with van der Waals surface area (Å²) in [5.41, 5.74) is -1.24. The summed E-state index contributed by atoms with van der Waals surface area (Å²) >= 11 is 0. The molecule has 3 amide bonds. The average Bonchev–Trinajstić information content (AvgIpc) is 3.52. The Balaban J connectivity index is 1.54. The molecule has 5 unspecified atom stereocenters. The Morgan fingerprint density at radius 3 is 2.37 bits per heavy atom. The lowest BCUT2D eigenvalue weighted by Crippen LogP contribution is -2.58. The third kappa shape index (κ3) is 4.37. The molecule has 3 aliphatic rings. The zero-order valence-corrected chi connectivity index (χ0v) is 22.3. The number of nitrogens with zero attached hydrogens (tertiary/aromatic N) is 1. The number of benzene rings is 1. The van der Waals surface area contributed by atoms with Crippen molar-refractivity contribution in [1.82, 2.24) is 15.5 Å². The number of amides is 3. The van der Waals surface area contributed by atoms with E-state index in [-0.39, 0.29) is 24.2 Å². The zero-order valence-electron chi connectivity index (χ0n) is 22.3. The lowest BCUT2D eigenvalue weighted by Gasteiger charge is -2.33. The Kier molecular flexibility index (Phi) is 6.90. The number of aliphatic carboxylic acids is 1. The standard InChI is InChI=1S/C27H36N4O7/c1-14-11-17(28-16(3)33)8-9-18(14)21(34)30-27(15(2)25(27,4)5)24(38)31-10-6-7-20(31)22(35)29-26(13-32)12-19(26)23(36)37/h8-9,11,13,15,19-21,30,34H,6-7,10,12H2,1-5H3,(H,28,33)(H,29,35)(H,36,37)/t15?,19?,20-,21?,26?,27?/m0/s1. The van der Waals surface area contributed by atoms with Crippen molar-refractivity contribution >= 4 is 35.7 Å². The van der Waals surface area contributed by atoms with Gasteiger partial charge in [-0.25, -0.2) is 0 Å². The highest BCUT2D eigenvalue weighted by molar-refractivity contribution is 5.98. The molecular formula is C27H36N4O7. The minimum atomic E-state index is -1.43. The highest BCUT2D eigenvalue weighted by Gasteiger charge is 2.75. The van der Waals surface area contributed by atoms with Gasteiger partial charge in [-0.05, 0) is 60.8 Å². The van der Waals surface area contributed by atoms with Crippen molar-refractivity contribution in [1.29, 1.82) is 0 Å². The molecule has 0 bridgehead atoms. The van der Waals surface area contributed by atoms with Crippen molar-refractivity contribution < 1.29 is 34.2 Å². The largest absolute Gasteiger partial charge is 0.481 e. The molecule has 0 radical (unpaired) electrons. The number of likely N-dealkylation sites (tertiary alicyclic amines) is 1. The fraction of sp³-hybridized carbons (Fsp3) is 0.593. The Hall–Kier alpha value is -3.31. The van der Waals surface area contributed by atoms with E-state index in [2.05, 4.69) is 16.0 Å². The first-order chi connectivity index (χ1) is 17.7. The predicted octanol–water partition coefficient (Wildman–Crippen LogP) is 1.10. The van der Waals surface area contributed by atoms with E-state index in [1.807, 2.05) is 20.8 Å². The van der Waals surface area contributed by atoms with Crippen LogP contribution in [-0.2, 0) is 24.0 Å². The molecule has 1 saturated heterocycles. The molecule has 38 heavy (non-hydrogen) atoms. The molecule has 11 heteroatoms. The van der Waals surface area contributed by atoms with E-state index in [0.29, 0.717) is 36.9 Å². The fourth-order valence-corrected chi connectivity index (χ4v) is 6.12. The van der Waals surface area contributed by atoms with Crippen molar-refractivity contribution in [2.75, 3.05) is 11.9 Å². The minimum Gasteiger partial charge on any atom is -0.481 e. The topological polar surface area (TPSA) is 165 Å². The van der Waals surface area contributed by atoms with Crippen molar-refractivity contribution in [3.63, 3.8) is 0 Å². The second-order valence-electron chi connectivity index (χ2n) is 11.4. The number of carboxylic acids is 1. The number of hydrogen-bond donors (Lipinski definition) is 5. The highest BCUT2D eigenvalue weighted by Crippen LogP contribution is 2.63. The van der Waals surface area contributed by atoms with Gasteiger partial charge in [0.15, 0.2) is 0 Å².